The van der Waals surface area contributed by atoms with E-state index in [9.17, 15) is 9.59 Å². The summed E-state index contributed by atoms with van der Waals surface area (Å²) in [6.07, 6.45) is 5.79. The van der Waals surface area contributed by atoms with Gasteiger partial charge in [0.25, 0.3) is 5.91 Å². The molecular formula is C34H33N11O3. The Kier molecular flexibility index (Phi) is 6.82. The van der Waals surface area contributed by atoms with Gasteiger partial charge in [0.2, 0.25) is 5.95 Å². The number of rotatable bonds is 6. The van der Waals surface area contributed by atoms with E-state index in [2.05, 4.69) is 61.3 Å². The summed E-state index contributed by atoms with van der Waals surface area (Å²) in [5.74, 6) is -0.0339. The molecule has 14 heteroatoms. The second-order valence-electron chi connectivity index (χ2n) is 12.4. The van der Waals surface area contributed by atoms with Crippen LogP contribution in [-0.4, -0.2) is 86.3 Å². The van der Waals surface area contributed by atoms with Crippen molar-refractivity contribution in [3.05, 3.63) is 89.3 Å². The van der Waals surface area contributed by atoms with E-state index >= 15 is 0 Å². The second kappa shape index (κ2) is 11.1. The van der Waals surface area contributed by atoms with E-state index in [0.717, 1.165) is 33.1 Å². The van der Waals surface area contributed by atoms with Crippen LogP contribution >= 0.6 is 0 Å². The van der Waals surface area contributed by atoms with Crippen LogP contribution in [0.5, 0.6) is 0 Å². The zero-order chi connectivity index (χ0) is 33.2. The van der Waals surface area contributed by atoms with Crippen molar-refractivity contribution in [3.63, 3.8) is 0 Å². The molecule has 0 aliphatic carbocycles. The van der Waals surface area contributed by atoms with Crippen LogP contribution < -0.4 is 0 Å². The number of aryl methyl sites for hydroxylation is 3. The number of esters is 1. The molecule has 5 aromatic heterocycles. The fourth-order valence-corrected chi connectivity index (χ4v) is 6.62. The Labute approximate surface area is 274 Å². The van der Waals surface area contributed by atoms with E-state index in [1.807, 2.05) is 41.8 Å². The zero-order valence-electron chi connectivity index (χ0n) is 27.0. The van der Waals surface area contributed by atoms with E-state index in [-0.39, 0.29) is 5.91 Å². The van der Waals surface area contributed by atoms with Gasteiger partial charge in [0.15, 0.2) is 11.2 Å². The molecule has 0 radical (unpaired) electrons. The monoisotopic (exact) mass is 643 g/mol. The standard InChI is InChI=1S/C34H33N11O3/c1-20-13-28-29(14-21(20)2)43(19-36-28)17-24-18-44(41-39-24)34(32(47)48-4)9-11-42(12-10-34)31(46)23-15-25-22(3)40-45(30(25)35-16-23)33-37-26-7-5-6-8-27(26)38-33/h5-8,13-16,18-19H,9-12,17H2,1-4H3,(H,37,38). The van der Waals surface area contributed by atoms with Gasteiger partial charge in [-0.05, 0) is 62.2 Å². The zero-order valence-corrected chi connectivity index (χ0v) is 27.0. The van der Waals surface area contributed by atoms with Crippen LogP contribution in [0.4, 0.5) is 0 Å². The van der Waals surface area contributed by atoms with Gasteiger partial charge in [-0.2, -0.15) is 9.78 Å². The minimum atomic E-state index is -1.09. The van der Waals surface area contributed by atoms with Crippen molar-refractivity contribution in [2.24, 2.45) is 0 Å². The molecule has 242 valence electrons. The first-order valence-electron chi connectivity index (χ1n) is 15.8. The van der Waals surface area contributed by atoms with Gasteiger partial charge in [0, 0.05) is 37.5 Å². The SMILES string of the molecule is COC(=O)C1(n2cc(Cn3cnc4cc(C)c(C)cc43)nn2)CCN(C(=O)c2cnc3c(c2)c(C)nn3-c2nc3ccccc3[nH]2)CC1. The summed E-state index contributed by atoms with van der Waals surface area (Å²) in [6.45, 7) is 7.12. The van der Waals surface area contributed by atoms with Gasteiger partial charge in [-0.1, -0.05) is 17.3 Å². The Bertz CT molecular complexity index is 2340. The lowest BCUT2D eigenvalue weighted by molar-refractivity contribution is -0.154. The number of imidazole rings is 2. The highest BCUT2D eigenvalue weighted by Gasteiger charge is 2.46. The number of piperidine rings is 1. The third-order valence-corrected chi connectivity index (χ3v) is 9.52. The van der Waals surface area contributed by atoms with E-state index in [1.54, 1.807) is 33.0 Å². The molecule has 8 rings (SSSR count). The van der Waals surface area contributed by atoms with E-state index < -0.39 is 11.5 Å². The number of benzene rings is 2. The molecule has 1 aliphatic rings. The second-order valence-corrected chi connectivity index (χ2v) is 12.4. The Morgan fingerprint density at radius 2 is 1.79 bits per heavy atom. The van der Waals surface area contributed by atoms with E-state index in [4.69, 9.17) is 4.74 Å². The van der Waals surface area contributed by atoms with E-state index in [0.29, 0.717) is 55.3 Å². The number of fused-ring (bicyclic) bond motifs is 3. The Morgan fingerprint density at radius 3 is 2.58 bits per heavy atom. The summed E-state index contributed by atoms with van der Waals surface area (Å²) in [6, 6.07) is 13.8. The van der Waals surface area contributed by atoms with Crippen LogP contribution in [0, 0.1) is 20.8 Å². The first-order valence-corrected chi connectivity index (χ1v) is 15.8. The molecule has 7 aromatic rings. The number of amides is 1. The summed E-state index contributed by atoms with van der Waals surface area (Å²) in [7, 11) is 1.37. The van der Waals surface area contributed by atoms with Crippen LogP contribution in [-0.2, 0) is 21.6 Å². The van der Waals surface area contributed by atoms with Crippen LogP contribution in [0.15, 0.2) is 61.2 Å². The van der Waals surface area contributed by atoms with Crippen molar-refractivity contribution in [1.29, 1.82) is 0 Å². The number of methoxy groups -OCH3 is 1. The molecule has 0 saturated carbocycles. The third-order valence-electron chi connectivity index (χ3n) is 9.52. The highest BCUT2D eigenvalue weighted by atomic mass is 16.5. The third kappa shape index (κ3) is 4.70. The normalized spacial score (nSPS) is 14.7. The molecule has 0 spiro atoms. The number of aromatic amines is 1. The number of aromatic nitrogens is 10. The molecule has 48 heavy (non-hydrogen) atoms. The highest BCUT2D eigenvalue weighted by molar-refractivity contribution is 5.97. The smallest absolute Gasteiger partial charge is 0.334 e. The molecule has 1 N–H and O–H groups in total. The van der Waals surface area contributed by atoms with Gasteiger partial charge >= 0.3 is 5.97 Å². The average Bonchev–Trinajstić information content (AvgIpc) is 3.90. The van der Waals surface area contributed by atoms with Gasteiger partial charge in [0.1, 0.15) is 5.69 Å². The Morgan fingerprint density at radius 1 is 1.00 bits per heavy atom. The van der Waals surface area contributed by atoms with Gasteiger partial charge in [-0.25, -0.2) is 24.4 Å². The average molecular weight is 644 g/mol. The highest BCUT2D eigenvalue weighted by Crippen LogP contribution is 2.33. The first-order chi connectivity index (χ1) is 23.2. The molecule has 0 atom stereocenters. The largest absolute Gasteiger partial charge is 0.467 e. The molecule has 1 amide bonds. The maximum absolute atomic E-state index is 13.8. The van der Waals surface area contributed by atoms with Gasteiger partial charge in [0.05, 0.1) is 59.5 Å². The number of nitrogens with one attached hydrogen (secondary N) is 1. The fraction of sp³-hybridized carbons (Fsp3) is 0.294. The van der Waals surface area contributed by atoms with Gasteiger partial charge in [-0.3, -0.25) is 4.79 Å². The van der Waals surface area contributed by atoms with Crippen molar-refractivity contribution in [2.75, 3.05) is 20.2 Å². The lowest BCUT2D eigenvalue weighted by atomic mass is 9.87. The Hall–Kier alpha value is -5.92. The van der Waals surface area contributed by atoms with Crippen LogP contribution in [0.3, 0.4) is 0 Å². The number of H-pyrrole nitrogens is 1. The number of para-hydroxylation sites is 2. The fourth-order valence-electron chi connectivity index (χ4n) is 6.62. The number of nitrogens with zero attached hydrogens (tertiary/aromatic N) is 10. The summed E-state index contributed by atoms with van der Waals surface area (Å²) in [4.78, 5) is 45.9. The predicted molar refractivity (Wildman–Crippen MR) is 177 cm³/mol. The summed E-state index contributed by atoms with van der Waals surface area (Å²) in [5, 5.41) is 14.2. The minimum absolute atomic E-state index is 0.171. The molecule has 1 saturated heterocycles. The summed E-state index contributed by atoms with van der Waals surface area (Å²) >= 11 is 0. The Balaban J connectivity index is 1.02. The van der Waals surface area contributed by atoms with Crippen LogP contribution in [0.2, 0.25) is 0 Å². The molecule has 14 nitrogen and oxygen atoms in total. The summed E-state index contributed by atoms with van der Waals surface area (Å²) < 4.78 is 10.6. The van der Waals surface area contributed by atoms with Crippen molar-refractivity contribution in [1.82, 2.24) is 54.2 Å². The van der Waals surface area contributed by atoms with Crippen molar-refractivity contribution < 1.29 is 14.3 Å². The number of ether oxygens (including phenoxy) is 1. The van der Waals surface area contributed by atoms with Gasteiger partial charge < -0.3 is 19.2 Å². The molecule has 1 aliphatic heterocycles. The maximum Gasteiger partial charge on any atom is 0.334 e. The first kappa shape index (κ1) is 29.5. The van der Waals surface area contributed by atoms with Crippen molar-refractivity contribution in [2.45, 2.75) is 45.7 Å². The van der Waals surface area contributed by atoms with Crippen molar-refractivity contribution in [3.8, 4) is 5.95 Å². The van der Waals surface area contributed by atoms with Crippen molar-refractivity contribution >= 4 is 45.0 Å². The molecule has 2 aromatic carbocycles. The van der Waals surface area contributed by atoms with Crippen LogP contribution in [0.25, 0.3) is 39.0 Å². The molecule has 1 fully saturated rings. The maximum atomic E-state index is 13.8. The molecular weight excluding hydrogens is 610 g/mol. The van der Waals surface area contributed by atoms with Gasteiger partial charge in [-0.15, -0.1) is 5.10 Å². The number of hydrogen-bond acceptors (Lipinski definition) is 9. The molecule has 6 heterocycles. The number of likely N-dealkylation sites (tertiary alicyclic amines) is 1. The topological polar surface area (TPSA) is 155 Å². The lowest BCUT2D eigenvalue weighted by Gasteiger charge is -2.39. The summed E-state index contributed by atoms with van der Waals surface area (Å²) in [5.41, 5.74) is 7.38. The number of carbonyl (C=O) groups is 2. The molecule has 0 unspecified atom stereocenters. The number of hydrogen-bond donors (Lipinski definition) is 1. The quantitative estimate of drug-likeness (QED) is 0.265. The number of carbonyl (C=O) groups excluding carboxylic acids is 2. The predicted octanol–water partition coefficient (Wildman–Crippen LogP) is 4.02. The van der Waals surface area contributed by atoms with Crippen LogP contribution in [0.1, 0.15) is 45.7 Å². The lowest BCUT2D eigenvalue weighted by Crippen LogP contribution is -2.53. The minimum Gasteiger partial charge on any atom is -0.467 e. The molecule has 0 bridgehead atoms. The number of pyridine rings is 1. The van der Waals surface area contributed by atoms with E-state index in [1.165, 1.54) is 18.2 Å².